The van der Waals surface area contributed by atoms with Crippen molar-refractivity contribution in [3.05, 3.63) is 75.3 Å². The standard InChI is InChI=1S/C19H16ClN5O2S/c1-12-5-4-7-13(9-12)18(27)22-19-25-24-17(28-19)10-16(26)23-21-11-14-6-2-3-8-15(14)20/h2-9,11H,10H2,1H3,(H,23,26)(H,22,25,27)/b21-11-. The van der Waals surface area contributed by atoms with Gasteiger partial charge >= 0.3 is 0 Å². The Morgan fingerprint density at radius 1 is 1.18 bits per heavy atom. The van der Waals surface area contributed by atoms with Gasteiger partial charge in [-0.1, -0.05) is 58.8 Å². The molecular weight excluding hydrogens is 398 g/mol. The van der Waals surface area contributed by atoms with Crippen LogP contribution in [0.1, 0.15) is 26.5 Å². The number of halogens is 1. The molecule has 0 fully saturated rings. The lowest BCUT2D eigenvalue weighted by Crippen LogP contribution is -2.19. The van der Waals surface area contributed by atoms with Gasteiger partial charge in [-0.2, -0.15) is 5.10 Å². The van der Waals surface area contributed by atoms with Gasteiger partial charge in [0.2, 0.25) is 11.0 Å². The zero-order valence-electron chi connectivity index (χ0n) is 14.8. The molecule has 2 aromatic carbocycles. The van der Waals surface area contributed by atoms with Crippen LogP contribution in [0.15, 0.2) is 53.6 Å². The number of hydrogen-bond acceptors (Lipinski definition) is 6. The second-order valence-electron chi connectivity index (χ2n) is 5.82. The number of amides is 2. The van der Waals surface area contributed by atoms with Crippen molar-refractivity contribution in [2.45, 2.75) is 13.3 Å². The topological polar surface area (TPSA) is 96.3 Å². The third-order valence-corrected chi connectivity index (χ3v) is 4.76. The highest BCUT2D eigenvalue weighted by molar-refractivity contribution is 7.15. The van der Waals surface area contributed by atoms with Crippen molar-refractivity contribution in [2.24, 2.45) is 5.10 Å². The van der Waals surface area contributed by atoms with Crippen LogP contribution in [0.3, 0.4) is 0 Å². The molecule has 0 unspecified atom stereocenters. The Balaban J connectivity index is 1.53. The quantitative estimate of drug-likeness (QED) is 0.477. The predicted molar refractivity (Wildman–Crippen MR) is 110 cm³/mol. The molecule has 2 N–H and O–H groups in total. The van der Waals surface area contributed by atoms with Gasteiger partial charge in [0.25, 0.3) is 5.91 Å². The van der Waals surface area contributed by atoms with Crippen molar-refractivity contribution in [1.82, 2.24) is 15.6 Å². The summed E-state index contributed by atoms with van der Waals surface area (Å²) in [5, 5.41) is 15.7. The fourth-order valence-electron chi connectivity index (χ4n) is 2.26. The monoisotopic (exact) mass is 413 g/mol. The van der Waals surface area contributed by atoms with Crippen LogP contribution in [-0.4, -0.2) is 28.2 Å². The Morgan fingerprint density at radius 3 is 2.79 bits per heavy atom. The molecule has 3 aromatic rings. The lowest BCUT2D eigenvalue weighted by molar-refractivity contribution is -0.120. The minimum absolute atomic E-state index is 0.00214. The Bertz CT molecular complexity index is 1030. The van der Waals surface area contributed by atoms with Gasteiger partial charge in [0.15, 0.2) is 0 Å². The van der Waals surface area contributed by atoms with E-state index in [4.69, 9.17) is 11.6 Å². The summed E-state index contributed by atoms with van der Waals surface area (Å²) in [6.45, 7) is 1.91. The zero-order valence-corrected chi connectivity index (χ0v) is 16.4. The van der Waals surface area contributed by atoms with E-state index in [1.165, 1.54) is 6.21 Å². The molecule has 3 rings (SSSR count). The van der Waals surface area contributed by atoms with Crippen LogP contribution >= 0.6 is 22.9 Å². The van der Waals surface area contributed by atoms with E-state index < -0.39 is 0 Å². The maximum absolute atomic E-state index is 12.2. The third kappa shape index (κ3) is 5.45. The number of rotatable bonds is 6. The van der Waals surface area contributed by atoms with E-state index in [0.717, 1.165) is 16.9 Å². The second kappa shape index (κ2) is 9.20. The van der Waals surface area contributed by atoms with Crippen molar-refractivity contribution >= 4 is 46.1 Å². The largest absolute Gasteiger partial charge is 0.296 e. The van der Waals surface area contributed by atoms with Crippen LogP contribution in [0, 0.1) is 6.92 Å². The van der Waals surface area contributed by atoms with E-state index in [-0.39, 0.29) is 18.2 Å². The smallest absolute Gasteiger partial charge is 0.257 e. The molecule has 0 radical (unpaired) electrons. The fraction of sp³-hybridized carbons (Fsp3) is 0.105. The highest BCUT2D eigenvalue weighted by Gasteiger charge is 2.12. The molecule has 7 nitrogen and oxygen atoms in total. The molecule has 1 aromatic heterocycles. The van der Waals surface area contributed by atoms with Crippen LogP contribution in [-0.2, 0) is 11.2 Å². The van der Waals surface area contributed by atoms with Crippen molar-refractivity contribution < 1.29 is 9.59 Å². The number of nitrogens with one attached hydrogen (secondary N) is 2. The van der Waals surface area contributed by atoms with E-state index in [2.05, 4.69) is 26.0 Å². The summed E-state index contributed by atoms with van der Waals surface area (Å²) < 4.78 is 0. The summed E-state index contributed by atoms with van der Waals surface area (Å²) in [5.74, 6) is -0.629. The first-order chi connectivity index (χ1) is 13.5. The fourth-order valence-corrected chi connectivity index (χ4v) is 3.18. The molecule has 0 aliphatic rings. The van der Waals surface area contributed by atoms with E-state index in [1.54, 1.807) is 24.3 Å². The molecule has 0 atom stereocenters. The van der Waals surface area contributed by atoms with Crippen molar-refractivity contribution in [3.63, 3.8) is 0 Å². The summed E-state index contributed by atoms with van der Waals surface area (Å²) in [7, 11) is 0. The van der Waals surface area contributed by atoms with Gasteiger partial charge in [0.1, 0.15) is 5.01 Å². The molecule has 0 spiro atoms. The van der Waals surface area contributed by atoms with Crippen molar-refractivity contribution in [1.29, 1.82) is 0 Å². The second-order valence-corrected chi connectivity index (χ2v) is 7.29. The number of benzene rings is 2. The lowest BCUT2D eigenvalue weighted by Gasteiger charge is -2.01. The van der Waals surface area contributed by atoms with Gasteiger partial charge in [-0.05, 0) is 25.1 Å². The van der Waals surface area contributed by atoms with Crippen LogP contribution in [0.5, 0.6) is 0 Å². The summed E-state index contributed by atoms with van der Waals surface area (Å²) >= 11 is 7.14. The minimum atomic E-state index is -0.351. The molecule has 1 heterocycles. The Hall–Kier alpha value is -3.10. The first kappa shape index (κ1) is 19.7. The highest BCUT2D eigenvalue weighted by Crippen LogP contribution is 2.17. The maximum atomic E-state index is 12.2. The molecule has 0 saturated carbocycles. The molecule has 0 saturated heterocycles. The first-order valence-corrected chi connectivity index (χ1v) is 9.47. The normalized spacial score (nSPS) is 10.8. The third-order valence-electron chi connectivity index (χ3n) is 3.58. The number of carbonyl (C=O) groups excluding carboxylic acids is 2. The highest BCUT2D eigenvalue weighted by atomic mass is 35.5. The molecule has 0 aliphatic carbocycles. The van der Waals surface area contributed by atoms with Gasteiger partial charge in [-0.3, -0.25) is 14.9 Å². The van der Waals surface area contributed by atoms with Gasteiger partial charge in [-0.25, -0.2) is 5.43 Å². The van der Waals surface area contributed by atoms with Gasteiger partial charge < -0.3 is 0 Å². The SMILES string of the molecule is Cc1cccc(C(=O)Nc2nnc(CC(=O)N/N=C\c3ccccc3Cl)s2)c1. The number of carbonyl (C=O) groups is 2. The van der Waals surface area contributed by atoms with Crippen LogP contribution in [0.4, 0.5) is 5.13 Å². The van der Waals surface area contributed by atoms with E-state index in [1.807, 2.05) is 31.2 Å². The van der Waals surface area contributed by atoms with Gasteiger partial charge in [-0.15, -0.1) is 10.2 Å². The van der Waals surface area contributed by atoms with Gasteiger partial charge in [0.05, 0.1) is 12.6 Å². The average Bonchev–Trinajstić information content (AvgIpc) is 3.10. The zero-order chi connectivity index (χ0) is 19.9. The molecule has 9 heteroatoms. The van der Waals surface area contributed by atoms with E-state index in [0.29, 0.717) is 26.3 Å². The van der Waals surface area contributed by atoms with Crippen LogP contribution < -0.4 is 10.7 Å². The summed E-state index contributed by atoms with van der Waals surface area (Å²) in [6, 6.07) is 14.4. The van der Waals surface area contributed by atoms with E-state index in [9.17, 15) is 9.59 Å². The molecular formula is C19H16ClN5O2S. The Morgan fingerprint density at radius 2 is 2.00 bits per heavy atom. The molecule has 0 aliphatic heterocycles. The number of anilines is 1. The van der Waals surface area contributed by atoms with Crippen LogP contribution in [0.25, 0.3) is 0 Å². The van der Waals surface area contributed by atoms with Crippen LogP contribution in [0.2, 0.25) is 5.02 Å². The van der Waals surface area contributed by atoms with Crippen molar-refractivity contribution in [3.8, 4) is 0 Å². The average molecular weight is 414 g/mol. The summed E-state index contributed by atoms with van der Waals surface area (Å²) in [5.41, 5.74) is 4.62. The predicted octanol–water partition coefficient (Wildman–Crippen LogP) is 3.45. The molecule has 0 bridgehead atoms. The number of nitrogens with zero attached hydrogens (tertiary/aromatic N) is 3. The summed E-state index contributed by atoms with van der Waals surface area (Å²) in [4.78, 5) is 24.2. The number of aryl methyl sites for hydroxylation is 1. The van der Waals surface area contributed by atoms with Crippen molar-refractivity contribution in [2.75, 3.05) is 5.32 Å². The number of hydrogen-bond donors (Lipinski definition) is 2. The minimum Gasteiger partial charge on any atom is -0.296 e. The number of hydrazone groups is 1. The molecule has 142 valence electrons. The van der Waals surface area contributed by atoms with E-state index >= 15 is 0 Å². The molecule has 28 heavy (non-hydrogen) atoms. The van der Waals surface area contributed by atoms with Gasteiger partial charge in [0, 0.05) is 16.1 Å². The Kier molecular flexibility index (Phi) is 6.46. The lowest BCUT2D eigenvalue weighted by atomic mass is 10.1. The summed E-state index contributed by atoms with van der Waals surface area (Å²) in [6.07, 6.45) is 1.46. The maximum Gasteiger partial charge on any atom is 0.257 e. The first-order valence-electron chi connectivity index (χ1n) is 8.28. The number of aromatic nitrogens is 2. The Labute approximate surface area is 170 Å². The molecule has 2 amide bonds.